The third-order valence-electron chi connectivity index (χ3n) is 3.05. The van der Waals surface area contributed by atoms with Crippen molar-refractivity contribution in [1.82, 2.24) is 5.32 Å². The van der Waals surface area contributed by atoms with Crippen molar-refractivity contribution in [2.24, 2.45) is 0 Å². The zero-order valence-corrected chi connectivity index (χ0v) is 13.9. The molecule has 1 aromatic rings. The van der Waals surface area contributed by atoms with Crippen LogP contribution in [-0.4, -0.2) is 29.1 Å². The van der Waals surface area contributed by atoms with Crippen LogP contribution in [0.3, 0.4) is 0 Å². The molecule has 1 aliphatic heterocycles. The van der Waals surface area contributed by atoms with Crippen LogP contribution in [0.25, 0.3) is 0 Å². The van der Waals surface area contributed by atoms with Crippen LogP contribution in [0.4, 0.5) is 4.79 Å². The van der Waals surface area contributed by atoms with Crippen molar-refractivity contribution < 1.29 is 19.1 Å². The molecule has 5 nitrogen and oxygen atoms in total. The SMILES string of the molecule is CC(C)(C)OC(=O)OC(=O)[C@]1(Sc2ccccc2)CCCN1. The van der Waals surface area contributed by atoms with Gasteiger partial charge < -0.3 is 9.47 Å². The molecule has 0 aliphatic carbocycles. The number of ether oxygens (including phenoxy) is 2. The maximum atomic E-state index is 12.5. The lowest BCUT2D eigenvalue weighted by molar-refractivity contribution is -0.144. The van der Waals surface area contributed by atoms with Crippen LogP contribution < -0.4 is 5.32 Å². The molecule has 22 heavy (non-hydrogen) atoms. The Labute approximate surface area is 134 Å². The molecule has 0 radical (unpaired) electrons. The van der Waals surface area contributed by atoms with Gasteiger partial charge in [-0.3, -0.25) is 5.32 Å². The molecule has 6 heteroatoms. The second kappa shape index (κ2) is 6.71. The topological polar surface area (TPSA) is 64.6 Å². The fourth-order valence-corrected chi connectivity index (χ4v) is 3.38. The van der Waals surface area contributed by atoms with Crippen molar-refractivity contribution in [3.8, 4) is 0 Å². The summed E-state index contributed by atoms with van der Waals surface area (Å²) in [5, 5.41) is 3.17. The van der Waals surface area contributed by atoms with E-state index in [-0.39, 0.29) is 0 Å². The lowest BCUT2D eigenvalue weighted by Crippen LogP contribution is -2.46. The fourth-order valence-electron chi connectivity index (χ4n) is 2.14. The maximum Gasteiger partial charge on any atom is 0.516 e. The Bertz CT molecular complexity index is 533. The predicted molar refractivity (Wildman–Crippen MR) is 84.6 cm³/mol. The van der Waals surface area contributed by atoms with Crippen LogP contribution in [0, 0.1) is 0 Å². The van der Waals surface area contributed by atoms with Crippen LogP contribution in [0.15, 0.2) is 35.2 Å². The number of hydrogen-bond donors (Lipinski definition) is 1. The van der Waals surface area contributed by atoms with E-state index in [4.69, 9.17) is 9.47 Å². The summed E-state index contributed by atoms with van der Waals surface area (Å²) in [5.74, 6) is -0.604. The average molecular weight is 323 g/mol. The Morgan fingerprint density at radius 3 is 2.45 bits per heavy atom. The van der Waals surface area contributed by atoms with Gasteiger partial charge in [-0.15, -0.1) is 0 Å². The molecule has 1 N–H and O–H groups in total. The molecular formula is C16H21NO4S. The minimum Gasteiger partial charge on any atom is -0.428 e. The van der Waals surface area contributed by atoms with Gasteiger partial charge in [0, 0.05) is 4.90 Å². The van der Waals surface area contributed by atoms with Gasteiger partial charge >= 0.3 is 12.1 Å². The van der Waals surface area contributed by atoms with E-state index in [1.165, 1.54) is 11.8 Å². The van der Waals surface area contributed by atoms with Gasteiger partial charge in [-0.1, -0.05) is 30.0 Å². The zero-order valence-electron chi connectivity index (χ0n) is 13.0. The lowest BCUT2D eigenvalue weighted by atomic mass is 10.2. The Balaban J connectivity index is 2.07. The summed E-state index contributed by atoms with van der Waals surface area (Å²) in [6, 6.07) is 9.58. The predicted octanol–water partition coefficient (Wildman–Crippen LogP) is 3.34. The molecule has 0 spiro atoms. The Morgan fingerprint density at radius 1 is 1.23 bits per heavy atom. The number of carbonyl (C=O) groups is 2. The summed E-state index contributed by atoms with van der Waals surface area (Å²) in [4.78, 5) is 24.2. The van der Waals surface area contributed by atoms with Gasteiger partial charge in [-0.05, 0) is 52.3 Å². The van der Waals surface area contributed by atoms with Gasteiger partial charge in [-0.2, -0.15) is 0 Å². The van der Waals surface area contributed by atoms with Gasteiger partial charge in [0.15, 0.2) is 4.87 Å². The Kier molecular flexibility index (Phi) is 5.13. The Morgan fingerprint density at radius 2 is 1.91 bits per heavy atom. The van der Waals surface area contributed by atoms with E-state index in [2.05, 4.69) is 5.32 Å². The van der Waals surface area contributed by atoms with Crippen LogP contribution in [0.1, 0.15) is 33.6 Å². The minimum atomic E-state index is -0.959. The minimum absolute atomic E-state index is 0.604. The number of nitrogens with one attached hydrogen (secondary N) is 1. The second-order valence-corrected chi connectivity index (χ2v) is 7.50. The first-order valence-corrected chi connectivity index (χ1v) is 8.07. The number of thioether (sulfide) groups is 1. The van der Waals surface area contributed by atoms with Crippen LogP contribution >= 0.6 is 11.8 Å². The summed E-state index contributed by atoms with van der Waals surface area (Å²) in [6.45, 7) is 5.88. The number of hydrogen-bond acceptors (Lipinski definition) is 6. The molecule has 0 bridgehead atoms. The molecule has 1 saturated heterocycles. The van der Waals surface area contributed by atoms with Crippen LogP contribution in [0.2, 0.25) is 0 Å². The standard InChI is InChI=1S/C16H21NO4S/c1-15(2,3)21-14(19)20-13(18)16(10-7-11-17-16)22-12-8-5-4-6-9-12/h4-6,8-9,17H,7,10-11H2,1-3H3/t16-/m1/s1. The molecule has 2 rings (SSSR count). The molecule has 0 unspecified atom stereocenters. The van der Waals surface area contributed by atoms with Gasteiger partial charge in [0.25, 0.3) is 0 Å². The number of benzene rings is 1. The molecule has 1 aliphatic rings. The molecule has 1 heterocycles. The lowest BCUT2D eigenvalue weighted by Gasteiger charge is -2.26. The summed E-state index contributed by atoms with van der Waals surface area (Å²) >= 11 is 1.37. The fraction of sp³-hybridized carbons (Fsp3) is 0.500. The van der Waals surface area contributed by atoms with E-state index >= 15 is 0 Å². The van der Waals surface area contributed by atoms with Crippen LogP contribution in [-0.2, 0) is 14.3 Å². The monoisotopic (exact) mass is 323 g/mol. The molecule has 0 aromatic heterocycles. The van der Waals surface area contributed by atoms with Crippen molar-refractivity contribution in [2.45, 2.75) is 49.0 Å². The molecule has 1 aromatic carbocycles. The smallest absolute Gasteiger partial charge is 0.428 e. The quantitative estimate of drug-likeness (QED) is 0.680. The number of rotatable bonds is 3. The van der Waals surface area contributed by atoms with E-state index in [0.717, 1.165) is 11.3 Å². The summed E-state index contributed by atoms with van der Waals surface area (Å²) < 4.78 is 9.95. The summed E-state index contributed by atoms with van der Waals surface area (Å²) in [5.41, 5.74) is -0.694. The molecule has 0 saturated carbocycles. The first kappa shape index (κ1) is 16.8. The first-order chi connectivity index (χ1) is 10.3. The van der Waals surface area contributed by atoms with Crippen LogP contribution in [0.5, 0.6) is 0 Å². The zero-order chi connectivity index (χ0) is 16.2. The average Bonchev–Trinajstić information content (AvgIpc) is 2.87. The summed E-state index contributed by atoms with van der Waals surface area (Å²) in [7, 11) is 0. The number of esters is 1. The highest BCUT2D eigenvalue weighted by Crippen LogP contribution is 2.38. The summed E-state index contributed by atoms with van der Waals surface area (Å²) in [6.07, 6.45) is 0.497. The third-order valence-corrected chi connectivity index (χ3v) is 4.42. The van der Waals surface area contributed by atoms with Gasteiger partial charge in [0.1, 0.15) is 5.60 Å². The van der Waals surface area contributed by atoms with Crippen molar-refractivity contribution in [1.29, 1.82) is 0 Å². The van der Waals surface area contributed by atoms with Crippen molar-refractivity contribution >= 4 is 23.9 Å². The molecule has 120 valence electrons. The highest BCUT2D eigenvalue weighted by Gasteiger charge is 2.45. The van der Waals surface area contributed by atoms with E-state index < -0.39 is 22.6 Å². The van der Waals surface area contributed by atoms with Gasteiger partial charge in [0.05, 0.1) is 0 Å². The normalized spacial score (nSPS) is 21.4. The largest absolute Gasteiger partial charge is 0.516 e. The van der Waals surface area contributed by atoms with E-state index in [1.54, 1.807) is 20.8 Å². The molecule has 1 atom stereocenters. The van der Waals surface area contributed by atoms with Gasteiger partial charge in [-0.25, -0.2) is 9.59 Å². The van der Waals surface area contributed by atoms with E-state index in [0.29, 0.717) is 13.0 Å². The highest BCUT2D eigenvalue weighted by atomic mass is 32.2. The van der Waals surface area contributed by atoms with E-state index in [9.17, 15) is 9.59 Å². The van der Waals surface area contributed by atoms with E-state index in [1.807, 2.05) is 30.3 Å². The Hall–Kier alpha value is -1.53. The highest BCUT2D eigenvalue weighted by molar-refractivity contribution is 8.01. The first-order valence-electron chi connectivity index (χ1n) is 7.25. The number of carbonyl (C=O) groups excluding carboxylic acids is 2. The molecule has 0 amide bonds. The third kappa shape index (κ3) is 4.48. The molecular weight excluding hydrogens is 302 g/mol. The second-order valence-electron chi connectivity index (χ2n) is 6.13. The maximum absolute atomic E-state index is 12.5. The van der Waals surface area contributed by atoms with Crippen molar-refractivity contribution in [3.63, 3.8) is 0 Å². The van der Waals surface area contributed by atoms with Gasteiger partial charge in [0.2, 0.25) is 0 Å². The van der Waals surface area contributed by atoms with Crippen molar-refractivity contribution in [2.75, 3.05) is 6.54 Å². The molecule has 1 fully saturated rings. The van der Waals surface area contributed by atoms with Crippen molar-refractivity contribution in [3.05, 3.63) is 30.3 Å².